The Bertz CT molecular complexity index is 954. The van der Waals surface area contributed by atoms with Crippen LogP contribution in [0.3, 0.4) is 0 Å². The van der Waals surface area contributed by atoms with Gasteiger partial charge in [0, 0.05) is 25.7 Å². The number of nitrogens with one attached hydrogen (secondary N) is 2. The summed E-state index contributed by atoms with van der Waals surface area (Å²) in [5.74, 6) is 1.68. The molecule has 180 valence electrons. The van der Waals surface area contributed by atoms with E-state index in [2.05, 4.69) is 21.6 Å². The fourth-order valence-electron chi connectivity index (χ4n) is 3.79. The Morgan fingerprint density at radius 1 is 1.12 bits per heavy atom. The van der Waals surface area contributed by atoms with E-state index >= 15 is 0 Å². The Labute approximate surface area is 212 Å². The van der Waals surface area contributed by atoms with Crippen molar-refractivity contribution in [2.24, 2.45) is 4.99 Å². The molecule has 8 nitrogen and oxygen atoms in total. The summed E-state index contributed by atoms with van der Waals surface area (Å²) in [6.45, 7) is 5.02. The second kappa shape index (κ2) is 13.1. The lowest BCUT2D eigenvalue weighted by atomic mass is 10.1. The van der Waals surface area contributed by atoms with Crippen LogP contribution in [0.15, 0.2) is 47.5 Å². The van der Waals surface area contributed by atoms with Crippen LogP contribution in [0.5, 0.6) is 11.5 Å². The molecular weight excluding hydrogens is 535 g/mol. The van der Waals surface area contributed by atoms with Crippen LogP contribution in [-0.2, 0) is 11.3 Å². The van der Waals surface area contributed by atoms with Crippen molar-refractivity contribution in [3.8, 4) is 11.5 Å². The van der Waals surface area contributed by atoms with E-state index in [1.807, 2.05) is 31.2 Å². The first-order valence-corrected chi connectivity index (χ1v) is 10.8. The number of carbonyl (C=O) groups is 1. The standard InChI is InChI=1S/C24H32N4O4.HI/c1-5-25-24(26-15-17-10-11-21(30-2)19(14-17)23(29)32-4)27-18-12-13-28(16-18)20-8-6-7-9-22(20)31-3;/h6-11,14,18H,5,12-13,15-16H2,1-4H3,(H2,25,26,27);1H. The monoisotopic (exact) mass is 568 g/mol. The predicted octanol–water partition coefficient (Wildman–Crippen LogP) is 3.44. The third kappa shape index (κ3) is 6.89. The number of methoxy groups -OCH3 is 3. The number of nitrogens with zero attached hydrogens (tertiary/aromatic N) is 2. The van der Waals surface area contributed by atoms with Crippen LogP contribution < -0.4 is 25.0 Å². The van der Waals surface area contributed by atoms with Crippen LogP contribution in [0.4, 0.5) is 5.69 Å². The number of carbonyl (C=O) groups excluding carboxylic acids is 1. The van der Waals surface area contributed by atoms with Gasteiger partial charge in [-0.05, 0) is 43.2 Å². The smallest absolute Gasteiger partial charge is 0.341 e. The number of hydrogen-bond acceptors (Lipinski definition) is 6. The number of esters is 1. The molecule has 9 heteroatoms. The molecule has 33 heavy (non-hydrogen) atoms. The maximum Gasteiger partial charge on any atom is 0.341 e. The summed E-state index contributed by atoms with van der Waals surface area (Å²) in [4.78, 5) is 19.1. The van der Waals surface area contributed by atoms with Crippen LogP contribution >= 0.6 is 24.0 Å². The molecule has 0 amide bonds. The summed E-state index contributed by atoms with van der Waals surface area (Å²) < 4.78 is 15.6. The van der Waals surface area contributed by atoms with Gasteiger partial charge in [0.15, 0.2) is 5.96 Å². The van der Waals surface area contributed by atoms with E-state index in [1.165, 1.54) is 14.2 Å². The van der Waals surface area contributed by atoms with E-state index in [0.717, 1.165) is 49.0 Å². The number of guanidine groups is 1. The second-order valence-corrected chi connectivity index (χ2v) is 7.47. The van der Waals surface area contributed by atoms with Crippen molar-refractivity contribution in [3.05, 3.63) is 53.6 Å². The summed E-state index contributed by atoms with van der Waals surface area (Å²) in [5.41, 5.74) is 2.39. The van der Waals surface area contributed by atoms with E-state index in [4.69, 9.17) is 19.2 Å². The van der Waals surface area contributed by atoms with E-state index in [1.54, 1.807) is 19.2 Å². The third-order valence-corrected chi connectivity index (χ3v) is 5.39. The maximum absolute atomic E-state index is 12.0. The molecule has 1 aliphatic heterocycles. The van der Waals surface area contributed by atoms with Crippen LogP contribution in [0.1, 0.15) is 29.3 Å². The zero-order valence-electron chi connectivity index (χ0n) is 19.6. The molecule has 0 aliphatic carbocycles. The summed E-state index contributed by atoms with van der Waals surface area (Å²) in [7, 11) is 4.59. The minimum Gasteiger partial charge on any atom is -0.496 e. The number of halogens is 1. The van der Waals surface area contributed by atoms with Crippen LogP contribution in [0, 0.1) is 0 Å². The molecule has 1 fully saturated rings. The van der Waals surface area contributed by atoms with Gasteiger partial charge in [-0.1, -0.05) is 18.2 Å². The highest BCUT2D eigenvalue weighted by Gasteiger charge is 2.25. The highest BCUT2D eigenvalue weighted by Crippen LogP contribution is 2.30. The molecule has 1 atom stereocenters. The maximum atomic E-state index is 12.0. The van der Waals surface area contributed by atoms with E-state index < -0.39 is 5.97 Å². The Morgan fingerprint density at radius 2 is 1.88 bits per heavy atom. The number of hydrogen-bond donors (Lipinski definition) is 2. The van der Waals surface area contributed by atoms with Gasteiger partial charge in [-0.3, -0.25) is 0 Å². The molecule has 0 spiro atoms. The fourth-order valence-corrected chi connectivity index (χ4v) is 3.79. The van der Waals surface area contributed by atoms with Crippen LogP contribution in [-0.4, -0.2) is 58.9 Å². The van der Waals surface area contributed by atoms with Gasteiger partial charge in [0.05, 0.1) is 33.6 Å². The lowest BCUT2D eigenvalue weighted by Crippen LogP contribution is -2.44. The lowest BCUT2D eigenvalue weighted by Gasteiger charge is -2.22. The first-order valence-electron chi connectivity index (χ1n) is 10.8. The Hall–Kier alpha value is -2.69. The molecule has 2 aromatic carbocycles. The van der Waals surface area contributed by atoms with Gasteiger partial charge in [0.25, 0.3) is 0 Å². The van der Waals surface area contributed by atoms with Crippen molar-refractivity contribution in [3.63, 3.8) is 0 Å². The highest BCUT2D eigenvalue weighted by atomic mass is 127. The summed E-state index contributed by atoms with van der Waals surface area (Å²) in [6, 6.07) is 13.8. The highest BCUT2D eigenvalue weighted by molar-refractivity contribution is 14.0. The number of rotatable bonds is 8. The third-order valence-electron chi connectivity index (χ3n) is 5.39. The average molecular weight is 568 g/mol. The summed E-state index contributed by atoms with van der Waals surface area (Å²) in [5, 5.41) is 6.84. The summed E-state index contributed by atoms with van der Waals surface area (Å²) >= 11 is 0. The van der Waals surface area contributed by atoms with E-state index in [0.29, 0.717) is 17.9 Å². The van der Waals surface area contributed by atoms with E-state index in [-0.39, 0.29) is 30.0 Å². The topological polar surface area (TPSA) is 84.4 Å². The largest absolute Gasteiger partial charge is 0.496 e. The molecular formula is C24H33IN4O4. The first kappa shape index (κ1) is 26.6. The quantitative estimate of drug-likeness (QED) is 0.219. The number of anilines is 1. The summed E-state index contributed by atoms with van der Waals surface area (Å²) in [6.07, 6.45) is 0.998. The molecule has 2 aromatic rings. The normalized spacial score (nSPS) is 15.5. The Kier molecular flexibility index (Phi) is 10.6. The fraction of sp³-hybridized carbons (Fsp3) is 0.417. The molecule has 0 aromatic heterocycles. The van der Waals surface area contributed by atoms with Crippen molar-refractivity contribution in [1.82, 2.24) is 10.6 Å². The van der Waals surface area contributed by atoms with Gasteiger partial charge >= 0.3 is 5.97 Å². The Morgan fingerprint density at radius 3 is 2.58 bits per heavy atom. The first-order chi connectivity index (χ1) is 15.6. The van der Waals surface area contributed by atoms with Crippen molar-refractivity contribution >= 4 is 41.6 Å². The minimum absolute atomic E-state index is 0. The Balaban J connectivity index is 0.00000385. The van der Waals surface area contributed by atoms with Crippen molar-refractivity contribution in [2.75, 3.05) is 45.9 Å². The van der Waals surface area contributed by atoms with Crippen LogP contribution in [0.25, 0.3) is 0 Å². The predicted molar refractivity (Wildman–Crippen MR) is 141 cm³/mol. The van der Waals surface area contributed by atoms with Gasteiger partial charge in [0.2, 0.25) is 0 Å². The van der Waals surface area contributed by atoms with Crippen molar-refractivity contribution in [1.29, 1.82) is 0 Å². The molecule has 0 saturated carbocycles. The second-order valence-electron chi connectivity index (χ2n) is 7.47. The molecule has 0 radical (unpaired) electrons. The van der Waals surface area contributed by atoms with Gasteiger partial charge in [-0.15, -0.1) is 24.0 Å². The molecule has 2 N–H and O–H groups in total. The van der Waals surface area contributed by atoms with Gasteiger partial charge in [-0.25, -0.2) is 9.79 Å². The van der Waals surface area contributed by atoms with Crippen molar-refractivity contribution in [2.45, 2.75) is 25.9 Å². The van der Waals surface area contributed by atoms with Gasteiger partial charge < -0.3 is 29.7 Å². The molecule has 1 unspecified atom stereocenters. The average Bonchev–Trinajstić information content (AvgIpc) is 3.30. The van der Waals surface area contributed by atoms with E-state index in [9.17, 15) is 4.79 Å². The van der Waals surface area contributed by atoms with Crippen LogP contribution in [0.2, 0.25) is 0 Å². The van der Waals surface area contributed by atoms with Gasteiger partial charge in [-0.2, -0.15) is 0 Å². The van der Waals surface area contributed by atoms with Gasteiger partial charge in [0.1, 0.15) is 17.1 Å². The number of ether oxygens (including phenoxy) is 3. The minimum atomic E-state index is -0.430. The number of aliphatic imine (C=N–C) groups is 1. The SMILES string of the molecule is CCNC(=NCc1ccc(OC)c(C(=O)OC)c1)NC1CCN(c2ccccc2OC)C1.I. The molecule has 3 rings (SSSR count). The molecule has 1 aliphatic rings. The molecule has 1 saturated heterocycles. The number of para-hydroxylation sites is 2. The zero-order valence-corrected chi connectivity index (χ0v) is 21.9. The zero-order chi connectivity index (χ0) is 22.9. The molecule has 0 bridgehead atoms. The molecule has 1 heterocycles. The lowest BCUT2D eigenvalue weighted by molar-refractivity contribution is 0.0597. The number of benzene rings is 2. The van der Waals surface area contributed by atoms with Crippen molar-refractivity contribution < 1.29 is 19.0 Å².